The molecule has 1 aromatic carbocycles. The number of nitrogens with one attached hydrogen (secondary N) is 1. The van der Waals surface area contributed by atoms with Gasteiger partial charge in [-0.25, -0.2) is 4.98 Å². The zero-order chi connectivity index (χ0) is 17.0. The molecular weight excluding hydrogens is 318 g/mol. The summed E-state index contributed by atoms with van der Waals surface area (Å²) < 4.78 is 0. The van der Waals surface area contributed by atoms with Crippen LogP contribution in [0.1, 0.15) is 35.8 Å². The highest BCUT2D eigenvalue weighted by Gasteiger charge is 2.13. The Labute approximate surface area is 136 Å². The van der Waals surface area contributed by atoms with E-state index >= 15 is 0 Å². The van der Waals surface area contributed by atoms with Crippen molar-refractivity contribution in [3.63, 3.8) is 0 Å². The molecule has 2 rings (SSSR count). The van der Waals surface area contributed by atoms with E-state index in [2.05, 4.69) is 9.97 Å². The van der Waals surface area contributed by atoms with Crippen LogP contribution >= 0.6 is 11.8 Å². The molecule has 0 atom stereocenters. The maximum Gasteiger partial charge on any atom is 0.270 e. The van der Waals surface area contributed by atoms with Crippen LogP contribution in [0.15, 0.2) is 40.3 Å². The topological polar surface area (TPSA) is 106 Å². The van der Waals surface area contributed by atoms with E-state index in [-0.39, 0.29) is 34.3 Å². The zero-order valence-corrected chi connectivity index (χ0v) is 13.4. The van der Waals surface area contributed by atoms with Crippen LogP contribution in [0.5, 0.6) is 0 Å². The Morgan fingerprint density at radius 3 is 2.78 bits per heavy atom. The lowest BCUT2D eigenvalue weighted by Crippen LogP contribution is -2.12. The Kier molecular flexibility index (Phi) is 5.28. The summed E-state index contributed by atoms with van der Waals surface area (Å²) in [4.78, 5) is 40.8. The summed E-state index contributed by atoms with van der Waals surface area (Å²) in [5.74, 6) is -0.133. The highest BCUT2D eigenvalue weighted by atomic mass is 32.2. The van der Waals surface area contributed by atoms with Gasteiger partial charge in [0.05, 0.1) is 16.4 Å². The van der Waals surface area contributed by atoms with Crippen LogP contribution in [0.25, 0.3) is 0 Å². The van der Waals surface area contributed by atoms with Gasteiger partial charge in [-0.15, -0.1) is 0 Å². The second-order valence-electron chi connectivity index (χ2n) is 5.15. The van der Waals surface area contributed by atoms with Crippen molar-refractivity contribution < 1.29 is 9.72 Å². The predicted octanol–water partition coefficient (Wildman–Crippen LogP) is 2.78. The van der Waals surface area contributed by atoms with Crippen molar-refractivity contribution in [3.8, 4) is 0 Å². The van der Waals surface area contributed by atoms with Crippen LogP contribution in [-0.4, -0.2) is 26.4 Å². The largest absolute Gasteiger partial charge is 0.301 e. The highest BCUT2D eigenvalue weighted by molar-refractivity contribution is 7.99. The van der Waals surface area contributed by atoms with Gasteiger partial charge in [0.2, 0.25) is 0 Å². The lowest BCUT2D eigenvalue weighted by atomic mass is 10.1. The molecule has 0 aliphatic carbocycles. The van der Waals surface area contributed by atoms with Gasteiger partial charge in [0.15, 0.2) is 10.9 Å². The smallest absolute Gasteiger partial charge is 0.270 e. The number of Topliss-reactive ketones (excluding diaryl/α,β-unsaturated/α-hetero) is 1. The van der Waals surface area contributed by atoms with Crippen molar-refractivity contribution in [3.05, 3.63) is 62.1 Å². The Morgan fingerprint density at radius 2 is 2.13 bits per heavy atom. The molecule has 1 N–H and O–H groups in total. The molecule has 0 radical (unpaired) electrons. The third kappa shape index (κ3) is 4.49. The first-order valence-corrected chi connectivity index (χ1v) is 7.87. The van der Waals surface area contributed by atoms with E-state index in [4.69, 9.17) is 0 Å². The number of carbonyl (C=O) groups excluding carboxylic acids is 1. The number of hydrogen-bond acceptors (Lipinski definition) is 6. The lowest BCUT2D eigenvalue weighted by Gasteiger charge is -2.06. The van der Waals surface area contributed by atoms with Gasteiger partial charge in [-0.05, 0) is 5.92 Å². The molecule has 0 aliphatic rings. The number of aromatic nitrogens is 2. The third-order valence-electron chi connectivity index (χ3n) is 3.05. The zero-order valence-electron chi connectivity index (χ0n) is 12.6. The molecule has 7 nitrogen and oxygen atoms in total. The van der Waals surface area contributed by atoms with Crippen LogP contribution in [0.3, 0.4) is 0 Å². The van der Waals surface area contributed by atoms with Crippen molar-refractivity contribution in [2.24, 2.45) is 0 Å². The summed E-state index contributed by atoms with van der Waals surface area (Å²) in [7, 11) is 0. The van der Waals surface area contributed by atoms with Gasteiger partial charge >= 0.3 is 0 Å². The van der Waals surface area contributed by atoms with Gasteiger partial charge in [-0.2, -0.15) is 0 Å². The minimum absolute atomic E-state index is 0.0334. The molecule has 8 heteroatoms. The summed E-state index contributed by atoms with van der Waals surface area (Å²) in [6.07, 6.45) is 0. The molecule has 0 unspecified atom stereocenters. The quantitative estimate of drug-likeness (QED) is 0.286. The van der Waals surface area contributed by atoms with E-state index in [0.29, 0.717) is 10.9 Å². The summed E-state index contributed by atoms with van der Waals surface area (Å²) in [5.41, 5.74) is 0.510. The minimum Gasteiger partial charge on any atom is -0.301 e. The van der Waals surface area contributed by atoms with Crippen LogP contribution in [0.2, 0.25) is 0 Å². The van der Waals surface area contributed by atoms with Crippen LogP contribution in [-0.2, 0) is 0 Å². The van der Waals surface area contributed by atoms with Gasteiger partial charge < -0.3 is 4.98 Å². The van der Waals surface area contributed by atoms with E-state index < -0.39 is 4.92 Å². The molecule has 0 saturated carbocycles. The van der Waals surface area contributed by atoms with Crippen molar-refractivity contribution in [1.82, 2.24) is 9.97 Å². The van der Waals surface area contributed by atoms with Gasteiger partial charge in [-0.3, -0.25) is 19.7 Å². The number of rotatable bonds is 6. The number of nitro groups is 1. The van der Waals surface area contributed by atoms with Crippen molar-refractivity contribution in [2.45, 2.75) is 24.9 Å². The number of thioether (sulfide) groups is 1. The van der Waals surface area contributed by atoms with Gasteiger partial charge in [0.1, 0.15) is 0 Å². The van der Waals surface area contributed by atoms with Crippen molar-refractivity contribution >= 4 is 23.2 Å². The summed E-state index contributed by atoms with van der Waals surface area (Å²) in [6, 6.07) is 6.99. The minimum atomic E-state index is -0.547. The SMILES string of the molecule is CC(C)c1cc(=O)[nH]c(SCC(=O)c2cccc([N+](=O)[O-])c2)n1. The Hall–Kier alpha value is -2.48. The average Bonchev–Trinajstić information content (AvgIpc) is 2.52. The molecule has 120 valence electrons. The number of nitro benzene ring substituents is 1. The number of aromatic amines is 1. The fourth-order valence-corrected chi connectivity index (χ4v) is 2.60. The molecular formula is C15H15N3O4S. The third-order valence-corrected chi connectivity index (χ3v) is 3.92. The first-order valence-electron chi connectivity index (χ1n) is 6.88. The number of ketones is 1. The molecule has 2 aromatic rings. The maximum absolute atomic E-state index is 12.1. The second-order valence-corrected chi connectivity index (χ2v) is 6.11. The van der Waals surface area contributed by atoms with Crippen molar-refractivity contribution in [1.29, 1.82) is 0 Å². The first kappa shape index (κ1) is 16.9. The number of H-pyrrole nitrogens is 1. The molecule has 0 saturated heterocycles. The monoisotopic (exact) mass is 333 g/mol. The lowest BCUT2D eigenvalue weighted by molar-refractivity contribution is -0.384. The molecule has 0 aliphatic heterocycles. The van der Waals surface area contributed by atoms with E-state index in [1.165, 1.54) is 30.3 Å². The number of carbonyl (C=O) groups is 1. The fraction of sp³-hybridized carbons (Fsp3) is 0.267. The number of nitrogens with zero attached hydrogens (tertiary/aromatic N) is 2. The molecule has 0 spiro atoms. The summed E-state index contributed by atoms with van der Waals surface area (Å²) in [5, 5.41) is 11.1. The number of benzene rings is 1. The van der Waals surface area contributed by atoms with Gasteiger partial charge in [-0.1, -0.05) is 37.7 Å². The fourth-order valence-electron chi connectivity index (χ4n) is 1.83. The average molecular weight is 333 g/mol. The predicted molar refractivity (Wildman–Crippen MR) is 87.1 cm³/mol. The van der Waals surface area contributed by atoms with E-state index in [9.17, 15) is 19.7 Å². The molecule has 23 heavy (non-hydrogen) atoms. The van der Waals surface area contributed by atoms with E-state index in [1.807, 2.05) is 13.8 Å². The summed E-state index contributed by atoms with van der Waals surface area (Å²) in [6.45, 7) is 3.84. The Balaban J connectivity index is 2.12. The Bertz CT molecular complexity index is 801. The van der Waals surface area contributed by atoms with Gasteiger partial charge in [0.25, 0.3) is 11.2 Å². The molecule has 0 bridgehead atoms. The standard InChI is InChI=1S/C15H15N3O4S/c1-9(2)12-7-14(20)17-15(16-12)23-8-13(19)10-4-3-5-11(6-10)18(21)22/h3-7,9H,8H2,1-2H3,(H,16,17,20). The van der Waals surface area contributed by atoms with Crippen LogP contribution < -0.4 is 5.56 Å². The van der Waals surface area contributed by atoms with E-state index in [1.54, 1.807) is 0 Å². The maximum atomic E-state index is 12.1. The van der Waals surface area contributed by atoms with Crippen LogP contribution in [0, 0.1) is 10.1 Å². The first-order chi connectivity index (χ1) is 10.9. The number of non-ortho nitro benzene ring substituents is 1. The van der Waals surface area contributed by atoms with Gasteiger partial charge in [0, 0.05) is 23.8 Å². The molecule has 1 aromatic heterocycles. The van der Waals surface area contributed by atoms with E-state index in [0.717, 1.165) is 11.8 Å². The second kappa shape index (κ2) is 7.19. The summed E-state index contributed by atoms with van der Waals surface area (Å²) >= 11 is 1.10. The van der Waals surface area contributed by atoms with Crippen LogP contribution in [0.4, 0.5) is 5.69 Å². The number of hydrogen-bond donors (Lipinski definition) is 1. The molecule has 0 fully saturated rings. The normalized spacial score (nSPS) is 10.7. The Morgan fingerprint density at radius 1 is 1.39 bits per heavy atom. The molecule has 0 amide bonds. The van der Waals surface area contributed by atoms with Crippen molar-refractivity contribution in [2.75, 3.05) is 5.75 Å². The highest BCUT2D eigenvalue weighted by Crippen LogP contribution is 2.19. The molecule has 1 heterocycles.